The summed E-state index contributed by atoms with van der Waals surface area (Å²) in [6.45, 7) is 5.62. The number of ether oxygens (including phenoxy) is 1. The maximum atomic E-state index is 10.5. The number of alkyl halides is 1. The van der Waals surface area contributed by atoms with E-state index in [1.807, 2.05) is 20.8 Å². The van der Waals surface area contributed by atoms with Crippen molar-refractivity contribution in [3.05, 3.63) is 0 Å². The molecule has 0 saturated carbocycles. The van der Waals surface area contributed by atoms with Gasteiger partial charge >= 0.3 is 5.97 Å². The zero-order valence-corrected chi connectivity index (χ0v) is 8.39. The van der Waals surface area contributed by atoms with E-state index < -0.39 is 17.7 Å². The summed E-state index contributed by atoms with van der Waals surface area (Å²) in [5, 5.41) is 8.62. The molecule has 1 unspecified atom stereocenters. The fourth-order valence-electron chi connectivity index (χ4n) is 0.616. The summed E-state index contributed by atoms with van der Waals surface area (Å²) in [5.41, 5.74) is -0.419. The molecular weight excluding hydrogens is 180 g/mol. The van der Waals surface area contributed by atoms with Crippen molar-refractivity contribution in [2.75, 3.05) is 5.88 Å². The van der Waals surface area contributed by atoms with E-state index in [0.717, 1.165) is 6.42 Å². The molecule has 0 rings (SSSR count). The van der Waals surface area contributed by atoms with Crippen LogP contribution in [0, 0.1) is 0 Å². The molecule has 0 aromatic carbocycles. The molecule has 0 bridgehead atoms. The van der Waals surface area contributed by atoms with E-state index in [9.17, 15) is 4.79 Å². The Balaban J connectivity index is 4.11. The quantitative estimate of drug-likeness (QED) is 0.680. The monoisotopic (exact) mass is 194 g/mol. The Hall–Kier alpha value is -0.280. The summed E-state index contributed by atoms with van der Waals surface area (Å²) in [7, 11) is 0. The van der Waals surface area contributed by atoms with E-state index in [4.69, 9.17) is 21.4 Å². The van der Waals surface area contributed by atoms with Crippen molar-refractivity contribution in [1.82, 2.24) is 0 Å². The zero-order chi connectivity index (χ0) is 9.78. The fourth-order valence-corrected chi connectivity index (χ4v) is 0.811. The summed E-state index contributed by atoms with van der Waals surface area (Å²) in [6.07, 6.45) is -0.144. The van der Waals surface area contributed by atoms with Crippen LogP contribution in [0.25, 0.3) is 0 Å². The number of carboxylic acid groups (broad SMARTS) is 1. The molecule has 0 saturated heterocycles. The number of aliphatic carboxylic acids is 1. The Morgan fingerprint density at radius 2 is 2.17 bits per heavy atom. The topological polar surface area (TPSA) is 46.5 Å². The first kappa shape index (κ1) is 11.7. The third-order valence-corrected chi connectivity index (χ3v) is 2.01. The van der Waals surface area contributed by atoms with E-state index in [1.165, 1.54) is 0 Å². The summed E-state index contributed by atoms with van der Waals surface area (Å²) in [4.78, 5) is 10.5. The maximum absolute atomic E-state index is 10.5. The van der Waals surface area contributed by atoms with E-state index in [0.29, 0.717) is 0 Å². The van der Waals surface area contributed by atoms with Crippen molar-refractivity contribution in [3.63, 3.8) is 0 Å². The van der Waals surface area contributed by atoms with Crippen LogP contribution >= 0.6 is 11.6 Å². The van der Waals surface area contributed by atoms with Crippen LogP contribution in [0.2, 0.25) is 0 Å². The number of rotatable bonds is 5. The molecule has 0 aromatic rings. The smallest absolute Gasteiger partial charge is 0.334 e. The lowest BCUT2D eigenvalue weighted by Crippen LogP contribution is -2.36. The van der Waals surface area contributed by atoms with Gasteiger partial charge in [0.25, 0.3) is 0 Å². The van der Waals surface area contributed by atoms with Crippen LogP contribution in [-0.4, -0.2) is 28.7 Å². The van der Waals surface area contributed by atoms with Gasteiger partial charge in [0.1, 0.15) is 0 Å². The maximum Gasteiger partial charge on any atom is 0.334 e. The molecule has 3 nitrogen and oxygen atoms in total. The normalized spacial score (nSPS) is 14.3. The highest BCUT2D eigenvalue weighted by atomic mass is 35.5. The van der Waals surface area contributed by atoms with E-state index in [1.54, 1.807) is 0 Å². The van der Waals surface area contributed by atoms with Gasteiger partial charge in [0.2, 0.25) is 0 Å². The molecule has 0 aliphatic carbocycles. The van der Waals surface area contributed by atoms with Gasteiger partial charge in [0, 0.05) is 0 Å². The highest BCUT2D eigenvalue weighted by Gasteiger charge is 2.25. The van der Waals surface area contributed by atoms with Crippen molar-refractivity contribution >= 4 is 17.6 Å². The van der Waals surface area contributed by atoms with Crippen molar-refractivity contribution in [2.24, 2.45) is 0 Å². The number of carboxylic acids is 1. The first-order valence-electron chi connectivity index (χ1n) is 3.89. The predicted molar refractivity (Wildman–Crippen MR) is 47.6 cm³/mol. The molecule has 1 atom stereocenters. The molecule has 0 aromatic heterocycles. The average molecular weight is 195 g/mol. The third kappa shape index (κ3) is 3.93. The molecule has 12 heavy (non-hydrogen) atoms. The van der Waals surface area contributed by atoms with Crippen LogP contribution in [0.4, 0.5) is 0 Å². The van der Waals surface area contributed by atoms with Gasteiger partial charge in [0.05, 0.1) is 11.5 Å². The highest BCUT2D eigenvalue weighted by molar-refractivity contribution is 6.19. The lowest BCUT2D eigenvalue weighted by atomic mass is 10.1. The second-order valence-electron chi connectivity index (χ2n) is 3.21. The summed E-state index contributed by atoms with van der Waals surface area (Å²) in [6, 6.07) is 0. The van der Waals surface area contributed by atoms with Gasteiger partial charge in [-0.2, -0.15) is 0 Å². The van der Waals surface area contributed by atoms with Crippen molar-refractivity contribution in [1.29, 1.82) is 0 Å². The van der Waals surface area contributed by atoms with Gasteiger partial charge in [-0.3, -0.25) is 0 Å². The molecule has 1 N–H and O–H groups in total. The highest BCUT2D eigenvalue weighted by Crippen LogP contribution is 2.16. The number of carbonyl (C=O) groups is 1. The van der Waals surface area contributed by atoms with Crippen molar-refractivity contribution in [2.45, 2.75) is 38.9 Å². The Labute approximate surface area is 77.7 Å². The predicted octanol–water partition coefficient (Wildman–Crippen LogP) is 1.88. The van der Waals surface area contributed by atoms with Gasteiger partial charge in [-0.05, 0) is 20.3 Å². The molecule has 0 fully saturated rings. The lowest BCUT2D eigenvalue weighted by molar-refractivity contribution is -0.158. The standard InChI is InChI=1S/C8H15ClO3/c1-4-8(2,3)12-6(5-9)7(10)11/h6H,4-5H2,1-3H3,(H,10,11). The minimum atomic E-state index is -1.01. The number of halogens is 1. The van der Waals surface area contributed by atoms with Crippen LogP contribution in [0.3, 0.4) is 0 Å². The van der Waals surface area contributed by atoms with Gasteiger partial charge in [-0.15, -0.1) is 11.6 Å². The van der Waals surface area contributed by atoms with Gasteiger partial charge in [-0.25, -0.2) is 4.79 Å². The van der Waals surface area contributed by atoms with Gasteiger partial charge in [-0.1, -0.05) is 6.92 Å². The molecule has 0 aliphatic rings. The summed E-state index contributed by atoms with van der Waals surface area (Å²) >= 11 is 5.42. The largest absolute Gasteiger partial charge is 0.479 e. The number of hydrogen-bond donors (Lipinski definition) is 1. The van der Waals surface area contributed by atoms with Gasteiger partial charge < -0.3 is 9.84 Å². The number of hydrogen-bond acceptors (Lipinski definition) is 2. The molecule has 0 spiro atoms. The van der Waals surface area contributed by atoms with Crippen molar-refractivity contribution in [3.8, 4) is 0 Å². The summed E-state index contributed by atoms with van der Waals surface area (Å²) < 4.78 is 5.27. The van der Waals surface area contributed by atoms with Crippen LogP contribution in [0.5, 0.6) is 0 Å². The molecule has 0 amide bonds. The first-order chi connectivity index (χ1) is 5.43. The summed E-state index contributed by atoms with van der Waals surface area (Å²) in [5.74, 6) is -1.02. The Kier molecular flexibility index (Phi) is 4.57. The van der Waals surface area contributed by atoms with Crippen LogP contribution in [0.1, 0.15) is 27.2 Å². The minimum absolute atomic E-state index is 0.0151. The van der Waals surface area contributed by atoms with Crippen molar-refractivity contribution < 1.29 is 14.6 Å². The average Bonchev–Trinajstić information content (AvgIpc) is 2.00. The molecule has 72 valence electrons. The second-order valence-corrected chi connectivity index (χ2v) is 3.52. The molecule has 0 aliphatic heterocycles. The molecule has 4 heteroatoms. The molecule has 0 heterocycles. The first-order valence-corrected chi connectivity index (χ1v) is 4.43. The Bertz CT molecular complexity index is 156. The molecular formula is C8H15ClO3. The van der Waals surface area contributed by atoms with Crippen LogP contribution in [-0.2, 0) is 9.53 Å². The SMILES string of the molecule is CCC(C)(C)OC(CCl)C(=O)O. The van der Waals surface area contributed by atoms with E-state index in [-0.39, 0.29) is 5.88 Å². The van der Waals surface area contributed by atoms with Gasteiger partial charge in [0.15, 0.2) is 6.10 Å². The third-order valence-electron chi connectivity index (χ3n) is 1.73. The van der Waals surface area contributed by atoms with E-state index >= 15 is 0 Å². The Morgan fingerprint density at radius 1 is 1.67 bits per heavy atom. The minimum Gasteiger partial charge on any atom is -0.479 e. The fraction of sp³-hybridized carbons (Fsp3) is 0.875. The van der Waals surface area contributed by atoms with Crippen LogP contribution < -0.4 is 0 Å². The lowest BCUT2D eigenvalue weighted by Gasteiger charge is -2.26. The van der Waals surface area contributed by atoms with E-state index in [2.05, 4.69) is 0 Å². The second kappa shape index (κ2) is 4.67. The molecule has 0 radical (unpaired) electrons. The Morgan fingerprint density at radius 3 is 2.42 bits per heavy atom. The van der Waals surface area contributed by atoms with Crippen LogP contribution in [0.15, 0.2) is 0 Å². The zero-order valence-electron chi connectivity index (χ0n) is 7.63.